The molecule has 1 fully saturated rings. The number of nitrogens with one attached hydrogen (secondary N) is 1. The average Bonchev–Trinajstić information content (AvgIpc) is 2.64. The zero-order chi connectivity index (χ0) is 16.6. The maximum atomic E-state index is 5.88. The fraction of sp³-hybridized carbons (Fsp3) is 0.429. The van der Waals surface area contributed by atoms with E-state index in [1.54, 1.807) is 4.90 Å². The number of piperidine rings is 1. The summed E-state index contributed by atoms with van der Waals surface area (Å²) >= 11 is 0. The number of hydrogen-bond acceptors (Lipinski definition) is 2. The minimum absolute atomic E-state index is 0.595. The molecule has 0 atom stereocenters. The van der Waals surface area contributed by atoms with Crippen LogP contribution in [0.5, 0.6) is 11.5 Å². The molecule has 0 spiro atoms. The fourth-order valence-corrected chi connectivity index (χ4v) is 3.11. The van der Waals surface area contributed by atoms with Gasteiger partial charge in [0.15, 0.2) is 0 Å². The van der Waals surface area contributed by atoms with Gasteiger partial charge in [0, 0.05) is 0 Å². The van der Waals surface area contributed by atoms with Crippen molar-refractivity contribution in [1.29, 1.82) is 0 Å². The van der Waals surface area contributed by atoms with Crippen LogP contribution in [0.1, 0.15) is 25.3 Å². The van der Waals surface area contributed by atoms with E-state index in [2.05, 4.69) is 19.1 Å². The summed E-state index contributed by atoms with van der Waals surface area (Å²) < 4.78 is 11.7. The zero-order valence-electron chi connectivity index (χ0n) is 14.5. The molecule has 3 rings (SSSR count). The van der Waals surface area contributed by atoms with Crippen LogP contribution >= 0.6 is 0 Å². The molecule has 0 aliphatic carbocycles. The molecule has 0 unspecified atom stereocenters. The summed E-state index contributed by atoms with van der Waals surface area (Å²) in [7, 11) is 0. The molecule has 1 aliphatic heterocycles. The van der Waals surface area contributed by atoms with E-state index in [0.29, 0.717) is 6.61 Å². The quantitative estimate of drug-likeness (QED) is 0.845. The van der Waals surface area contributed by atoms with Crippen LogP contribution in [0.2, 0.25) is 0 Å². The Morgan fingerprint density at radius 1 is 0.875 bits per heavy atom. The molecule has 2 aromatic carbocycles. The zero-order valence-corrected chi connectivity index (χ0v) is 14.5. The highest BCUT2D eigenvalue weighted by atomic mass is 16.5. The molecular weight excluding hydrogens is 298 g/mol. The fourth-order valence-electron chi connectivity index (χ4n) is 3.11. The van der Waals surface area contributed by atoms with Crippen molar-refractivity contribution in [1.82, 2.24) is 0 Å². The number of ether oxygens (including phenoxy) is 2. The van der Waals surface area contributed by atoms with Crippen molar-refractivity contribution in [3.05, 3.63) is 60.2 Å². The molecule has 1 N–H and O–H groups in total. The number of hydrogen-bond donors (Lipinski definition) is 1. The molecule has 0 amide bonds. The Balaban J connectivity index is 1.38. The van der Waals surface area contributed by atoms with Crippen molar-refractivity contribution >= 4 is 0 Å². The first-order chi connectivity index (χ1) is 11.8. The smallest absolute Gasteiger partial charge is 0.137 e. The van der Waals surface area contributed by atoms with Crippen molar-refractivity contribution in [2.75, 3.05) is 26.2 Å². The summed E-state index contributed by atoms with van der Waals surface area (Å²) in [4.78, 5) is 1.68. The van der Waals surface area contributed by atoms with Crippen LogP contribution in [0.4, 0.5) is 0 Å². The number of quaternary nitrogens is 1. The van der Waals surface area contributed by atoms with Crippen LogP contribution in [0.25, 0.3) is 0 Å². The molecule has 24 heavy (non-hydrogen) atoms. The van der Waals surface area contributed by atoms with Crippen LogP contribution in [0.3, 0.4) is 0 Å². The van der Waals surface area contributed by atoms with Gasteiger partial charge in [0.05, 0.1) is 13.1 Å². The molecule has 3 heteroatoms. The van der Waals surface area contributed by atoms with Gasteiger partial charge < -0.3 is 14.4 Å². The van der Waals surface area contributed by atoms with E-state index in [1.165, 1.54) is 31.5 Å². The molecular formula is C21H28NO2+. The van der Waals surface area contributed by atoms with Crippen LogP contribution < -0.4 is 14.4 Å². The second-order valence-corrected chi connectivity index (χ2v) is 6.78. The molecule has 0 radical (unpaired) electrons. The maximum absolute atomic E-state index is 5.88. The SMILES string of the molecule is CC1CC[NH+](CCOc2ccc(OCc3ccccc3)cc2)CC1. The molecule has 1 aliphatic rings. The van der Waals surface area contributed by atoms with E-state index >= 15 is 0 Å². The molecule has 1 heterocycles. The van der Waals surface area contributed by atoms with Crippen LogP contribution in [0, 0.1) is 5.92 Å². The third-order valence-corrected chi connectivity index (χ3v) is 4.78. The van der Waals surface area contributed by atoms with Gasteiger partial charge in [0.25, 0.3) is 0 Å². The minimum Gasteiger partial charge on any atom is -0.489 e. The lowest BCUT2D eigenvalue weighted by molar-refractivity contribution is -0.906. The lowest BCUT2D eigenvalue weighted by atomic mass is 9.99. The van der Waals surface area contributed by atoms with Gasteiger partial charge in [-0.15, -0.1) is 0 Å². The van der Waals surface area contributed by atoms with E-state index in [-0.39, 0.29) is 0 Å². The molecule has 0 aromatic heterocycles. The molecule has 128 valence electrons. The highest BCUT2D eigenvalue weighted by molar-refractivity contribution is 5.31. The summed E-state index contributed by atoms with van der Waals surface area (Å²) in [5.41, 5.74) is 1.18. The Bertz CT molecular complexity index is 589. The summed E-state index contributed by atoms with van der Waals surface area (Å²) in [5.74, 6) is 2.70. The first-order valence-electron chi connectivity index (χ1n) is 9.03. The second-order valence-electron chi connectivity index (χ2n) is 6.78. The molecule has 0 bridgehead atoms. The number of likely N-dealkylation sites (tertiary alicyclic amines) is 1. The van der Waals surface area contributed by atoms with Crippen molar-refractivity contribution in [3.8, 4) is 11.5 Å². The second kappa shape index (κ2) is 8.74. The lowest BCUT2D eigenvalue weighted by Gasteiger charge is -2.27. The van der Waals surface area contributed by atoms with Crippen molar-refractivity contribution in [2.24, 2.45) is 5.92 Å². The van der Waals surface area contributed by atoms with E-state index in [1.807, 2.05) is 42.5 Å². The van der Waals surface area contributed by atoms with Gasteiger partial charge in [0.2, 0.25) is 0 Å². The summed E-state index contributed by atoms with van der Waals surface area (Å²) in [6, 6.07) is 18.2. The van der Waals surface area contributed by atoms with Crippen molar-refractivity contribution < 1.29 is 14.4 Å². The Hall–Kier alpha value is -2.00. The monoisotopic (exact) mass is 326 g/mol. The summed E-state index contributed by atoms with van der Waals surface area (Å²) in [6.45, 7) is 7.41. The van der Waals surface area contributed by atoms with Gasteiger partial charge in [-0.3, -0.25) is 0 Å². The first-order valence-corrected chi connectivity index (χ1v) is 9.03. The van der Waals surface area contributed by atoms with E-state index in [9.17, 15) is 0 Å². The van der Waals surface area contributed by atoms with Crippen molar-refractivity contribution in [3.63, 3.8) is 0 Å². The number of rotatable bonds is 7. The Morgan fingerprint density at radius 3 is 2.17 bits per heavy atom. The standard InChI is InChI=1S/C21H27NO2/c1-18-11-13-22(14-12-18)15-16-23-20-7-9-21(10-8-20)24-17-19-5-3-2-4-6-19/h2-10,18H,11-17H2,1H3/p+1. The molecule has 2 aromatic rings. The first kappa shape index (κ1) is 16.8. The molecule has 0 saturated carbocycles. The van der Waals surface area contributed by atoms with Crippen molar-refractivity contribution in [2.45, 2.75) is 26.4 Å². The highest BCUT2D eigenvalue weighted by Gasteiger charge is 2.18. The normalized spacial score (nSPS) is 20.5. The third-order valence-electron chi connectivity index (χ3n) is 4.78. The maximum Gasteiger partial charge on any atom is 0.137 e. The minimum atomic E-state index is 0.595. The Labute approximate surface area is 145 Å². The van der Waals surface area contributed by atoms with Gasteiger partial charge in [-0.25, -0.2) is 0 Å². The highest BCUT2D eigenvalue weighted by Crippen LogP contribution is 2.18. The topological polar surface area (TPSA) is 22.9 Å². The van der Waals surface area contributed by atoms with Crippen LogP contribution in [-0.2, 0) is 6.61 Å². The lowest BCUT2D eigenvalue weighted by Crippen LogP contribution is -3.13. The van der Waals surface area contributed by atoms with Gasteiger partial charge >= 0.3 is 0 Å². The predicted octanol–water partition coefficient (Wildman–Crippen LogP) is 2.96. The Morgan fingerprint density at radius 2 is 1.50 bits per heavy atom. The van der Waals surface area contributed by atoms with E-state index < -0.39 is 0 Å². The van der Waals surface area contributed by atoms with E-state index in [4.69, 9.17) is 9.47 Å². The van der Waals surface area contributed by atoms with Gasteiger partial charge in [-0.2, -0.15) is 0 Å². The largest absolute Gasteiger partial charge is 0.489 e. The van der Waals surface area contributed by atoms with Gasteiger partial charge in [-0.1, -0.05) is 37.3 Å². The summed E-state index contributed by atoms with van der Waals surface area (Å²) in [5, 5.41) is 0. The van der Waals surface area contributed by atoms with Gasteiger partial charge in [0.1, 0.15) is 31.3 Å². The Kier molecular flexibility index (Phi) is 6.13. The third kappa shape index (κ3) is 5.27. The van der Waals surface area contributed by atoms with Crippen LogP contribution in [0.15, 0.2) is 54.6 Å². The van der Waals surface area contributed by atoms with E-state index in [0.717, 1.165) is 30.6 Å². The predicted molar refractivity (Wildman–Crippen MR) is 96.7 cm³/mol. The molecule has 1 saturated heterocycles. The summed E-state index contributed by atoms with van der Waals surface area (Å²) in [6.07, 6.45) is 2.70. The molecule has 3 nitrogen and oxygen atoms in total. The number of benzene rings is 2. The van der Waals surface area contributed by atoms with Gasteiger partial charge in [-0.05, 0) is 48.6 Å². The average molecular weight is 326 g/mol. The van der Waals surface area contributed by atoms with Crippen LogP contribution in [-0.4, -0.2) is 26.2 Å².